The Morgan fingerprint density at radius 3 is 1.82 bits per heavy atom. The van der Waals surface area contributed by atoms with E-state index in [9.17, 15) is 10.2 Å². The highest BCUT2D eigenvalue weighted by Gasteiger charge is 2.57. The van der Waals surface area contributed by atoms with Gasteiger partial charge in [-0.25, -0.2) is 0 Å². The summed E-state index contributed by atoms with van der Waals surface area (Å²) in [5, 5.41) is 21.3. The Bertz CT molecular complexity index is 420. The molecular weight excluding hydrogens is 232 g/mol. The number of benzene rings is 1. The lowest BCUT2D eigenvalue weighted by molar-refractivity contribution is -0.0420. The van der Waals surface area contributed by atoms with E-state index in [-0.39, 0.29) is 24.0 Å². The molecule has 2 nitrogen and oxygen atoms in total. The standard InChI is InChI=1S/C14H16O2S/c15-9-5-6-10(16)12-11(9)13-7-3-1-2-4-8(7)14(12)17-13/h1-4,9-16H,5-6H2/t9?,10?,11-,12+,13+,14-. The first-order valence-corrected chi connectivity index (χ1v) is 7.32. The summed E-state index contributed by atoms with van der Waals surface area (Å²) in [6.45, 7) is 0. The summed E-state index contributed by atoms with van der Waals surface area (Å²) < 4.78 is 0. The van der Waals surface area contributed by atoms with Gasteiger partial charge < -0.3 is 10.2 Å². The molecule has 2 heterocycles. The van der Waals surface area contributed by atoms with Crippen LogP contribution in [-0.2, 0) is 0 Å². The molecule has 1 aromatic rings. The molecule has 2 N–H and O–H groups in total. The number of aliphatic hydroxyl groups is 2. The van der Waals surface area contributed by atoms with Crippen LogP contribution in [-0.4, -0.2) is 22.4 Å². The van der Waals surface area contributed by atoms with E-state index in [4.69, 9.17) is 0 Å². The quantitative estimate of drug-likeness (QED) is 0.740. The van der Waals surface area contributed by atoms with Gasteiger partial charge in [0.05, 0.1) is 12.2 Å². The van der Waals surface area contributed by atoms with E-state index in [0.29, 0.717) is 10.5 Å². The van der Waals surface area contributed by atoms with Crippen molar-refractivity contribution in [2.75, 3.05) is 0 Å². The van der Waals surface area contributed by atoms with Crippen LogP contribution in [0, 0.1) is 11.8 Å². The minimum Gasteiger partial charge on any atom is -0.393 e. The highest BCUT2D eigenvalue weighted by atomic mass is 32.2. The fourth-order valence-corrected chi connectivity index (χ4v) is 6.10. The third kappa shape index (κ3) is 1.25. The van der Waals surface area contributed by atoms with E-state index < -0.39 is 0 Å². The molecule has 1 aliphatic carbocycles. The molecule has 3 heteroatoms. The Morgan fingerprint density at radius 2 is 1.35 bits per heavy atom. The van der Waals surface area contributed by atoms with Crippen molar-refractivity contribution in [2.24, 2.45) is 11.8 Å². The van der Waals surface area contributed by atoms with Crippen molar-refractivity contribution in [3.8, 4) is 0 Å². The molecule has 90 valence electrons. The smallest absolute Gasteiger partial charge is 0.0587 e. The molecule has 4 rings (SSSR count). The van der Waals surface area contributed by atoms with Gasteiger partial charge in [0.1, 0.15) is 0 Å². The van der Waals surface area contributed by atoms with Crippen LogP contribution in [0.1, 0.15) is 34.5 Å². The van der Waals surface area contributed by atoms with Crippen LogP contribution in [0.4, 0.5) is 0 Å². The number of hydrogen-bond acceptors (Lipinski definition) is 3. The molecule has 3 aliphatic rings. The molecule has 1 saturated heterocycles. The molecule has 6 atom stereocenters. The third-order valence-electron chi connectivity index (χ3n) is 4.69. The molecule has 2 aliphatic heterocycles. The van der Waals surface area contributed by atoms with Gasteiger partial charge in [0.25, 0.3) is 0 Å². The molecule has 1 saturated carbocycles. The van der Waals surface area contributed by atoms with Crippen molar-refractivity contribution in [1.29, 1.82) is 0 Å². The van der Waals surface area contributed by atoms with Gasteiger partial charge in [-0.1, -0.05) is 24.3 Å². The minimum atomic E-state index is -0.223. The first-order chi connectivity index (χ1) is 8.27. The monoisotopic (exact) mass is 248 g/mol. The third-order valence-corrected chi connectivity index (χ3v) is 6.42. The predicted octanol–water partition coefficient (Wildman–Crippen LogP) is 2.28. The number of aliphatic hydroxyl groups excluding tert-OH is 2. The number of rotatable bonds is 0. The Balaban J connectivity index is 1.83. The second-order valence-electron chi connectivity index (χ2n) is 5.47. The lowest BCUT2D eigenvalue weighted by Crippen LogP contribution is -2.43. The zero-order valence-electron chi connectivity index (χ0n) is 9.49. The summed E-state index contributed by atoms with van der Waals surface area (Å²) in [6, 6.07) is 8.55. The first kappa shape index (κ1) is 10.4. The highest BCUT2D eigenvalue weighted by molar-refractivity contribution is 8.00. The van der Waals surface area contributed by atoms with Crippen molar-refractivity contribution in [2.45, 2.75) is 35.5 Å². The molecule has 17 heavy (non-hydrogen) atoms. The van der Waals surface area contributed by atoms with Gasteiger partial charge in [-0.2, -0.15) is 0 Å². The highest BCUT2D eigenvalue weighted by Crippen LogP contribution is 2.69. The van der Waals surface area contributed by atoms with Crippen LogP contribution < -0.4 is 0 Å². The van der Waals surface area contributed by atoms with Crippen LogP contribution in [0.25, 0.3) is 0 Å². The largest absolute Gasteiger partial charge is 0.393 e. The Kier molecular flexibility index (Phi) is 2.14. The summed E-state index contributed by atoms with van der Waals surface area (Å²) in [5.41, 5.74) is 2.80. The first-order valence-electron chi connectivity index (χ1n) is 6.38. The summed E-state index contributed by atoms with van der Waals surface area (Å²) in [5.74, 6) is 0.535. The van der Waals surface area contributed by atoms with Gasteiger partial charge in [0, 0.05) is 22.3 Å². The molecule has 0 aromatic heterocycles. The van der Waals surface area contributed by atoms with Crippen LogP contribution in [0.2, 0.25) is 0 Å². The van der Waals surface area contributed by atoms with Crippen LogP contribution in [0.3, 0.4) is 0 Å². The van der Waals surface area contributed by atoms with Gasteiger partial charge >= 0.3 is 0 Å². The van der Waals surface area contributed by atoms with E-state index in [0.717, 1.165) is 12.8 Å². The van der Waals surface area contributed by atoms with Crippen molar-refractivity contribution in [1.82, 2.24) is 0 Å². The minimum absolute atomic E-state index is 0.223. The summed E-state index contributed by atoms with van der Waals surface area (Å²) in [7, 11) is 0. The fourth-order valence-electron chi connectivity index (χ4n) is 3.98. The van der Waals surface area contributed by atoms with E-state index >= 15 is 0 Å². The SMILES string of the molecule is OC1CCC(O)[C@H]2[C@@H]1[C@H]1S[C@@H]2c2ccccc21. The van der Waals surface area contributed by atoms with Crippen LogP contribution >= 0.6 is 11.8 Å². The molecule has 0 radical (unpaired) electrons. The maximum absolute atomic E-state index is 10.2. The normalized spacial score (nSPS) is 46.7. The Hall–Kier alpha value is -0.510. The zero-order chi connectivity index (χ0) is 11.6. The molecule has 2 fully saturated rings. The van der Waals surface area contributed by atoms with Gasteiger partial charge in [0.15, 0.2) is 0 Å². The van der Waals surface area contributed by atoms with Gasteiger partial charge in [-0.3, -0.25) is 0 Å². The summed E-state index contributed by atoms with van der Waals surface area (Å²) in [6.07, 6.45) is 1.07. The van der Waals surface area contributed by atoms with Gasteiger partial charge in [-0.15, -0.1) is 11.8 Å². The molecular formula is C14H16O2S. The second kappa shape index (κ2) is 3.50. The molecule has 1 aromatic carbocycles. The summed E-state index contributed by atoms with van der Waals surface area (Å²) in [4.78, 5) is 0. The van der Waals surface area contributed by atoms with Crippen LogP contribution in [0.15, 0.2) is 24.3 Å². The fraction of sp³-hybridized carbons (Fsp3) is 0.571. The number of thioether (sulfide) groups is 1. The second-order valence-corrected chi connectivity index (χ2v) is 6.76. The van der Waals surface area contributed by atoms with Crippen molar-refractivity contribution in [3.05, 3.63) is 35.4 Å². The molecule has 2 bridgehead atoms. The van der Waals surface area contributed by atoms with E-state index in [2.05, 4.69) is 24.3 Å². The van der Waals surface area contributed by atoms with Crippen molar-refractivity contribution >= 4 is 11.8 Å². The van der Waals surface area contributed by atoms with E-state index in [1.54, 1.807) is 0 Å². The number of fused-ring (bicyclic) bond motifs is 8. The van der Waals surface area contributed by atoms with Gasteiger partial charge in [0.2, 0.25) is 0 Å². The topological polar surface area (TPSA) is 40.5 Å². The van der Waals surface area contributed by atoms with Crippen LogP contribution in [0.5, 0.6) is 0 Å². The molecule has 0 spiro atoms. The molecule has 2 unspecified atom stereocenters. The average Bonchev–Trinajstić information content (AvgIpc) is 2.91. The maximum Gasteiger partial charge on any atom is 0.0587 e. The van der Waals surface area contributed by atoms with Crippen molar-refractivity contribution in [3.63, 3.8) is 0 Å². The van der Waals surface area contributed by atoms with Gasteiger partial charge in [-0.05, 0) is 24.0 Å². The lowest BCUT2D eigenvalue weighted by atomic mass is 9.66. The lowest BCUT2D eigenvalue weighted by Gasteiger charge is -2.41. The Labute approximate surface area is 105 Å². The molecule has 0 amide bonds. The zero-order valence-corrected chi connectivity index (χ0v) is 10.3. The van der Waals surface area contributed by atoms with E-state index in [1.165, 1.54) is 11.1 Å². The Morgan fingerprint density at radius 1 is 0.882 bits per heavy atom. The summed E-state index contributed by atoms with van der Waals surface area (Å²) >= 11 is 1.95. The number of hydrogen-bond donors (Lipinski definition) is 2. The average molecular weight is 248 g/mol. The predicted molar refractivity (Wildman–Crippen MR) is 67.7 cm³/mol. The van der Waals surface area contributed by atoms with E-state index in [1.807, 2.05) is 11.8 Å². The maximum atomic E-state index is 10.2. The van der Waals surface area contributed by atoms with Crippen molar-refractivity contribution < 1.29 is 10.2 Å².